The van der Waals surface area contributed by atoms with Gasteiger partial charge in [0.15, 0.2) is 0 Å². The third-order valence-electron chi connectivity index (χ3n) is 4.04. The molecule has 0 radical (unpaired) electrons. The predicted molar refractivity (Wildman–Crippen MR) is 116 cm³/mol. The molecule has 3 aromatic rings. The van der Waals surface area contributed by atoms with Crippen molar-refractivity contribution in [2.24, 2.45) is 5.73 Å². The van der Waals surface area contributed by atoms with Crippen LogP contribution in [0.3, 0.4) is 0 Å². The summed E-state index contributed by atoms with van der Waals surface area (Å²) >= 11 is 0. The summed E-state index contributed by atoms with van der Waals surface area (Å²) in [6, 6.07) is 11.3. The number of benzene rings is 1. The van der Waals surface area contributed by atoms with Crippen molar-refractivity contribution in [3.8, 4) is 5.75 Å². The van der Waals surface area contributed by atoms with Gasteiger partial charge in [-0.2, -0.15) is 0 Å². The number of amides is 1. The van der Waals surface area contributed by atoms with E-state index >= 15 is 0 Å². The molecule has 0 aliphatic heterocycles. The summed E-state index contributed by atoms with van der Waals surface area (Å²) < 4.78 is 7.84. The molecule has 1 aromatic carbocycles. The molecule has 6 nitrogen and oxygen atoms in total. The monoisotopic (exact) mass is 424 g/mol. The molecule has 0 aliphatic rings. The lowest BCUT2D eigenvalue weighted by atomic mass is 10.2. The Bertz CT molecular complexity index is 912. The standard InChI is InChI=1S/C20H24N4O2.2ClH/c1-14-7-8-19-23-16(12-24(19)11-14)13-26-18-6-4-3-5-17(18)20(25)22-10-9-15(2)21;;/h3-8,11-12,15H,9-10,13,21H2,1-2H3,(H,22,25);2*1H. The van der Waals surface area contributed by atoms with E-state index in [4.69, 9.17) is 10.5 Å². The maximum Gasteiger partial charge on any atom is 0.255 e. The first kappa shape index (κ1) is 23.8. The van der Waals surface area contributed by atoms with Crippen LogP contribution >= 0.6 is 24.8 Å². The van der Waals surface area contributed by atoms with E-state index < -0.39 is 0 Å². The zero-order chi connectivity index (χ0) is 18.5. The number of hydrogen-bond acceptors (Lipinski definition) is 4. The van der Waals surface area contributed by atoms with Gasteiger partial charge in [-0.05, 0) is 44.0 Å². The van der Waals surface area contributed by atoms with Gasteiger partial charge in [0.1, 0.15) is 18.0 Å². The molecule has 28 heavy (non-hydrogen) atoms. The van der Waals surface area contributed by atoms with Gasteiger partial charge in [-0.1, -0.05) is 18.2 Å². The van der Waals surface area contributed by atoms with E-state index in [0.717, 1.165) is 23.3 Å². The molecule has 152 valence electrons. The molecule has 0 bridgehead atoms. The first-order valence-corrected chi connectivity index (χ1v) is 8.73. The zero-order valence-corrected chi connectivity index (χ0v) is 17.6. The number of para-hydroxylation sites is 1. The highest BCUT2D eigenvalue weighted by molar-refractivity contribution is 5.96. The van der Waals surface area contributed by atoms with Crippen LogP contribution in [0.5, 0.6) is 5.75 Å². The summed E-state index contributed by atoms with van der Waals surface area (Å²) in [7, 11) is 0. The largest absolute Gasteiger partial charge is 0.486 e. The van der Waals surface area contributed by atoms with E-state index in [9.17, 15) is 4.79 Å². The van der Waals surface area contributed by atoms with Crippen molar-refractivity contribution in [1.82, 2.24) is 14.7 Å². The molecule has 3 rings (SSSR count). The number of nitrogens with two attached hydrogens (primary N) is 1. The lowest BCUT2D eigenvalue weighted by Crippen LogP contribution is -2.29. The van der Waals surface area contributed by atoms with Crippen LogP contribution < -0.4 is 15.8 Å². The normalized spacial score (nSPS) is 11.2. The van der Waals surface area contributed by atoms with E-state index in [1.807, 2.05) is 54.9 Å². The second-order valence-corrected chi connectivity index (χ2v) is 6.51. The van der Waals surface area contributed by atoms with E-state index in [0.29, 0.717) is 24.5 Å². The van der Waals surface area contributed by atoms with Crippen LogP contribution in [-0.4, -0.2) is 27.9 Å². The number of aromatic nitrogens is 2. The number of aryl methyl sites for hydroxylation is 1. The van der Waals surface area contributed by atoms with Gasteiger partial charge in [0, 0.05) is 25.0 Å². The molecule has 0 spiro atoms. The fourth-order valence-corrected chi connectivity index (χ4v) is 2.67. The molecule has 0 aliphatic carbocycles. The number of fused-ring (bicyclic) bond motifs is 1. The molecule has 1 atom stereocenters. The molecule has 1 amide bonds. The number of pyridine rings is 1. The van der Waals surface area contributed by atoms with Crippen LogP contribution in [-0.2, 0) is 6.61 Å². The van der Waals surface area contributed by atoms with Crippen molar-refractivity contribution < 1.29 is 9.53 Å². The van der Waals surface area contributed by atoms with Crippen molar-refractivity contribution in [2.75, 3.05) is 6.54 Å². The van der Waals surface area contributed by atoms with E-state index in [1.54, 1.807) is 12.1 Å². The summed E-state index contributed by atoms with van der Waals surface area (Å²) in [5, 5.41) is 2.88. The average molecular weight is 425 g/mol. The second kappa shape index (κ2) is 10.9. The second-order valence-electron chi connectivity index (χ2n) is 6.51. The lowest BCUT2D eigenvalue weighted by molar-refractivity contribution is 0.0948. The molecule has 8 heteroatoms. The summed E-state index contributed by atoms with van der Waals surface area (Å²) in [6.45, 7) is 4.79. The van der Waals surface area contributed by atoms with Gasteiger partial charge < -0.3 is 20.2 Å². The molecular formula is C20H26Cl2N4O2. The lowest BCUT2D eigenvalue weighted by Gasteiger charge is -2.11. The van der Waals surface area contributed by atoms with E-state index in [-0.39, 0.29) is 36.8 Å². The zero-order valence-electron chi connectivity index (χ0n) is 15.9. The fraction of sp³-hybridized carbons (Fsp3) is 0.300. The van der Waals surface area contributed by atoms with Gasteiger partial charge in [0.2, 0.25) is 0 Å². The van der Waals surface area contributed by atoms with Gasteiger partial charge in [-0.3, -0.25) is 4.79 Å². The Hall–Kier alpha value is -2.28. The topological polar surface area (TPSA) is 81.6 Å². The van der Waals surface area contributed by atoms with E-state index in [1.165, 1.54) is 0 Å². The van der Waals surface area contributed by atoms with E-state index in [2.05, 4.69) is 10.3 Å². The van der Waals surface area contributed by atoms with Crippen LogP contribution in [0.2, 0.25) is 0 Å². The number of imidazole rings is 1. The summed E-state index contributed by atoms with van der Waals surface area (Å²) in [5.41, 5.74) is 9.07. The molecule has 2 aromatic heterocycles. The first-order chi connectivity index (χ1) is 12.5. The van der Waals surface area contributed by atoms with Crippen LogP contribution in [0.25, 0.3) is 5.65 Å². The van der Waals surface area contributed by atoms with Crippen molar-refractivity contribution in [2.45, 2.75) is 32.9 Å². The molecule has 0 saturated heterocycles. The van der Waals surface area contributed by atoms with Crippen molar-refractivity contribution in [1.29, 1.82) is 0 Å². The third-order valence-corrected chi connectivity index (χ3v) is 4.04. The first-order valence-electron chi connectivity index (χ1n) is 8.73. The minimum absolute atomic E-state index is 0. The quantitative estimate of drug-likeness (QED) is 0.607. The number of halogens is 2. The summed E-state index contributed by atoms with van der Waals surface area (Å²) in [4.78, 5) is 16.9. The Morgan fingerprint density at radius 2 is 1.96 bits per heavy atom. The Kier molecular flexibility index (Phi) is 9.25. The third kappa shape index (κ3) is 6.12. The number of ether oxygens (including phenoxy) is 1. The number of carbonyl (C=O) groups excluding carboxylic acids is 1. The Balaban J connectivity index is 0.00000196. The summed E-state index contributed by atoms with van der Waals surface area (Å²) in [6.07, 6.45) is 4.69. The number of nitrogens with zero attached hydrogens (tertiary/aromatic N) is 2. The molecule has 2 heterocycles. The van der Waals surface area contributed by atoms with Gasteiger partial charge in [-0.25, -0.2) is 4.98 Å². The van der Waals surface area contributed by atoms with Crippen LogP contribution in [0.4, 0.5) is 0 Å². The number of hydrogen-bond donors (Lipinski definition) is 2. The van der Waals surface area contributed by atoms with Gasteiger partial charge in [0.25, 0.3) is 5.91 Å². The van der Waals surface area contributed by atoms with Gasteiger partial charge in [0.05, 0.1) is 11.3 Å². The predicted octanol–water partition coefficient (Wildman–Crippen LogP) is 3.53. The summed E-state index contributed by atoms with van der Waals surface area (Å²) in [5.74, 6) is 0.380. The van der Waals surface area contributed by atoms with Crippen LogP contribution in [0.15, 0.2) is 48.8 Å². The van der Waals surface area contributed by atoms with Crippen molar-refractivity contribution in [3.63, 3.8) is 0 Å². The Morgan fingerprint density at radius 3 is 2.71 bits per heavy atom. The highest BCUT2D eigenvalue weighted by atomic mass is 35.5. The minimum atomic E-state index is -0.160. The van der Waals surface area contributed by atoms with Gasteiger partial charge >= 0.3 is 0 Å². The number of carbonyl (C=O) groups is 1. The smallest absolute Gasteiger partial charge is 0.255 e. The average Bonchev–Trinajstić information content (AvgIpc) is 3.01. The van der Waals surface area contributed by atoms with Crippen LogP contribution in [0, 0.1) is 6.92 Å². The number of rotatable bonds is 7. The van der Waals surface area contributed by atoms with Crippen molar-refractivity contribution in [3.05, 3.63) is 65.6 Å². The minimum Gasteiger partial charge on any atom is -0.486 e. The maximum atomic E-state index is 12.4. The maximum absolute atomic E-state index is 12.4. The highest BCUT2D eigenvalue weighted by Crippen LogP contribution is 2.19. The SMILES string of the molecule is Cc1ccc2nc(COc3ccccc3C(=O)NCCC(C)N)cn2c1.Cl.Cl. The molecule has 0 saturated carbocycles. The molecule has 1 unspecified atom stereocenters. The molecule has 3 N–H and O–H groups in total. The molecular weight excluding hydrogens is 399 g/mol. The fourth-order valence-electron chi connectivity index (χ4n) is 2.67. The highest BCUT2D eigenvalue weighted by Gasteiger charge is 2.12. The number of nitrogens with one attached hydrogen (secondary N) is 1. The van der Waals surface area contributed by atoms with Crippen molar-refractivity contribution >= 4 is 36.4 Å². The molecule has 0 fully saturated rings. The Labute approximate surface area is 177 Å². The van der Waals surface area contributed by atoms with Gasteiger partial charge in [-0.15, -0.1) is 24.8 Å². The Morgan fingerprint density at radius 1 is 1.21 bits per heavy atom. The van der Waals surface area contributed by atoms with Crippen LogP contribution in [0.1, 0.15) is 35.0 Å².